The Morgan fingerprint density at radius 3 is 2.43 bits per heavy atom. The standard InChI is InChI=1S/C22H20N4O4/c1-13-6-4-5-7-15(13)19-12-26-9-8-16-17(20(26)24-19)10-14(23-21(27)29-2)11-18(16)25-22(28)30-3/h4-12H,1-3H3,(H,23,27)(H,25,28). The number of imidazole rings is 1. The van der Waals surface area contributed by atoms with Crippen molar-refractivity contribution in [2.75, 3.05) is 24.9 Å². The molecule has 0 spiro atoms. The van der Waals surface area contributed by atoms with Crippen molar-refractivity contribution in [2.45, 2.75) is 6.92 Å². The summed E-state index contributed by atoms with van der Waals surface area (Å²) in [5.41, 5.74) is 4.60. The molecule has 2 N–H and O–H groups in total. The normalized spacial score (nSPS) is 10.8. The minimum absolute atomic E-state index is 0.453. The number of nitrogens with zero attached hydrogens (tertiary/aromatic N) is 2. The Hall–Kier alpha value is -4.07. The Balaban J connectivity index is 1.94. The van der Waals surface area contributed by atoms with E-state index in [0.717, 1.165) is 27.6 Å². The van der Waals surface area contributed by atoms with Crippen LogP contribution in [0.5, 0.6) is 0 Å². The maximum absolute atomic E-state index is 11.8. The molecule has 0 radical (unpaired) electrons. The van der Waals surface area contributed by atoms with Gasteiger partial charge < -0.3 is 13.9 Å². The third-order valence-corrected chi connectivity index (χ3v) is 4.83. The fraction of sp³-hybridized carbons (Fsp3) is 0.136. The Morgan fingerprint density at radius 1 is 0.967 bits per heavy atom. The van der Waals surface area contributed by atoms with Crippen molar-refractivity contribution in [3.05, 3.63) is 60.4 Å². The number of carbonyl (C=O) groups excluding carboxylic acids is 2. The van der Waals surface area contributed by atoms with E-state index in [1.165, 1.54) is 14.2 Å². The van der Waals surface area contributed by atoms with Gasteiger partial charge in [0.2, 0.25) is 0 Å². The second kappa shape index (κ2) is 7.75. The summed E-state index contributed by atoms with van der Waals surface area (Å²) in [6.07, 6.45) is 2.59. The Kier molecular flexibility index (Phi) is 4.97. The van der Waals surface area contributed by atoms with E-state index in [1.54, 1.807) is 12.1 Å². The van der Waals surface area contributed by atoms with Crippen LogP contribution in [-0.4, -0.2) is 35.8 Å². The lowest BCUT2D eigenvalue weighted by Crippen LogP contribution is -2.14. The second-order valence-electron chi connectivity index (χ2n) is 6.71. The molecule has 2 aromatic heterocycles. The lowest BCUT2D eigenvalue weighted by molar-refractivity contribution is 0.186. The maximum Gasteiger partial charge on any atom is 0.411 e. The van der Waals surface area contributed by atoms with E-state index in [0.29, 0.717) is 17.0 Å². The second-order valence-corrected chi connectivity index (χ2v) is 6.71. The Labute approximate surface area is 172 Å². The number of ether oxygens (including phenoxy) is 2. The summed E-state index contributed by atoms with van der Waals surface area (Å²) in [4.78, 5) is 28.4. The number of nitrogens with one attached hydrogen (secondary N) is 2. The molecular formula is C22H20N4O4. The average molecular weight is 404 g/mol. The van der Waals surface area contributed by atoms with Gasteiger partial charge in [-0.25, -0.2) is 14.6 Å². The molecule has 4 rings (SSSR count). The van der Waals surface area contributed by atoms with E-state index in [-0.39, 0.29) is 0 Å². The van der Waals surface area contributed by atoms with Crippen LogP contribution in [0.15, 0.2) is 54.9 Å². The molecule has 0 aliphatic heterocycles. The van der Waals surface area contributed by atoms with E-state index in [2.05, 4.69) is 15.4 Å². The van der Waals surface area contributed by atoms with Gasteiger partial charge in [0.25, 0.3) is 0 Å². The predicted molar refractivity (Wildman–Crippen MR) is 115 cm³/mol. The zero-order valence-corrected chi connectivity index (χ0v) is 16.7. The molecule has 152 valence electrons. The van der Waals surface area contributed by atoms with Crippen LogP contribution < -0.4 is 10.6 Å². The zero-order chi connectivity index (χ0) is 21.3. The van der Waals surface area contributed by atoms with Gasteiger partial charge in [-0.2, -0.15) is 0 Å². The van der Waals surface area contributed by atoms with Crippen molar-refractivity contribution < 1.29 is 19.1 Å². The van der Waals surface area contributed by atoms with Crippen molar-refractivity contribution in [1.29, 1.82) is 0 Å². The lowest BCUT2D eigenvalue weighted by atomic mass is 10.1. The molecule has 2 aromatic carbocycles. The van der Waals surface area contributed by atoms with Gasteiger partial charge in [-0.1, -0.05) is 24.3 Å². The molecule has 8 heteroatoms. The minimum Gasteiger partial charge on any atom is -0.453 e. The number of fused-ring (bicyclic) bond motifs is 3. The van der Waals surface area contributed by atoms with Gasteiger partial charge in [-0.05, 0) is 30.7 Å². The van der Waals surface area contributed by atoms with Crippen molar-refractivity contribution in [1.82, 2.24) is 9.38 Å². The molecule has 0 atom stereocenters. The van der Waals surface area contributed by atoms with Gasteiger partial charge in [-0.15, -0.1) is 0 Å². The largest absolute Gasteiger partial charge is 0.453 e. The number of rotatable bonds is 3. The highest BCUT2D eigenvalue weighted by Gasteiger charge is 2.15. The van der Waals surface area contributed by atoms with Crippen molar-refractivity contribution in [3.63, 3.8) is 0 Å². The number of methoxy groups -OCH3 is 2. The van der Waals surface area contributed by atoms with Gasteiger partial charge in [-0.3, -0.25) is 10.6 Å². The number of amides is 2. The van der Waals surface area contributed by atoms with Gasteiger partial charge >= 0.3 is 12.2 Å². The smallest absolute Gasteiger partial charge is 0.411 e. The molecule has 30 heavy (non-hydrogen) atoms. The maximum atomic E-state index is 11.8. The van der Waals surface area contributed by atoms with Crippen LogP contribution >= 0.6 is 0 Å². The molecule has 0 saturated carbocycles. The molecule has 0 unspecified atom stereocenters. The van der Waals surface area contributed by atoms with E-state index >= 15 is 0 Å². The van der Waals surface area contributed by atoms with Crippen LogP contribution in [-0.2, 0) is 9.47 Å². The molecule has 2 amide bonds. The van der Waals surface area contributed by atoms with Gasteiger partial charge in [0.05, 0.1) is 25.6 Å². The Bertz CT molecular complexity index is 1280. The first-order chi connectivity index (χ1) is 14.5. The van der Waals surface area contributed by atoms with E-state index in [4.69, 9.17) is 9.72 Å². The highest BCUT2D eigenvalue weighted by atomic mass is 16.5. The van der Waals surface area contributed by atoms with E-state index in [1.807, 2.05) is 54.0 Å². The SMILES string of the molecule is COC(=O)Nc1cc(NC(=O)OC)c2ccn3cc(-c4ccccc4C)nc3c2c1. The molecule has 0 saturated heterocycles. The predicted octanol–water partition coefficient (Wildman–Crippen LogP) is 4.82. The van der Waals surface area contributed by atoms with Gasteiger partial charge in [0, 0.05) is 34.4 Å². The first-order valence-electron chi connectivity index (χ1n) is 9.21. The monoisotopic (exact) mass is 404 g/mol. The van der Waals surface area contributed by atoms with Crippen molar-refractivity contribution in [2.24, 2.45) is 0 Å². The third-order valence-electron chi connectivity index (χ3n) is 4.83. The fourth-order valence-corrected chi connectivity index (χ4v) is 3.37. The summed E-state index contributed by atoms with van der Waals surface area (Å²) in [5.74, 6) is 0. The van der Waals surface area contributed by atoms with E-state index in [9.17, 15) is 9.59 Å². The third kappa shape index (κ3) is 3.50. The zero-order valence-electron chi connectivity index (χ0n) is 16.7. The average Bonchev–Trinajstić information content (AvgIpc) is 3.18. The van der Waals surface area contributed by atoms with Gasteiger partial charge in [0.1, 0.15) is 5.65 Å². The molecule has 4 aromatic rings. The highest BCUT2D eigenvalue weighted by Crippen LogP contribution is 2.33. The summed E-state index contributed by atoms with van der Waals surface area (Å²) in [7, 11) is 2.57. The Morgan fingerprint density at radius 2 is 1.70 bits per heavy atom. The first-order valence-corrected chi connectivity index (χ1v) is 9.21. The number of anilines is 2. The number of aryl methyl sites for hydroxylation is 1. The highest BCUT2D eigenvalue weighted by molar-refractivity contribution is 6.08. The number of carbonyl (C=O) groups is 2. The van der Waals surface area contributed by atoms with Crippen LogP contribution in [0.1, 0.15) is 5.56 Å². The number of aromatic nitrogens is 2. The lowest BCUT2D eigenvalue weighted by Gasteiger charge is -2.12. The molecule has 0 aliphatic rings. The minimum atomic E-state index is -0.616. The molecule has 2 heterocycles. The summed E-state index contributed by atoms with van der Waals surface area (Å²) in [6.45, 7) is 2.04. The van der Waals surface area contributed by atoms with Crippen LogP contribution in [0, 0.1) is 6.92 Å². The van der Waals surface area contributed by atoms with Crippen molar-refractivity contribution in [3.8, 4) is 11.3 Å². The summed E-state index contributed by atoms with van der Waals surface area (Å²) in [5, 5.41) is 6.83. The number of hydrogen-bond donors (Lipinski definition) is 2. The van der Waals surface area contributed by atoms with E-state index < -0.39 is 12.2 Å². The summed E-state index contributed by atoms with van der Waals surface area (Å²) < 4.78 is 11.3. The van der Waals surface area contributed by atoms with Crippen LogP contribution in [0.3, 0.4) is 0 Å². The number of pyridine rings is 1. The topological polar surface area (TPSA) is 94.0 Å². The number of hydrogen-bond acceptors (Lipinski definition) is 5. The molecule has 0 aliphatic carbocycles. The summed E-state index contributed by atoms with van der Waals surface area (Å²) in [6, 6.07) is 13.3. The number of benzene rings is 2. The van der Waals surface area contributed by atoms with Crippen molar-refractivity contribution >= 4 is 40.0 Å². The first kappa shape index (κ1) is 19.3. The van der Waals surface area contributed by atoms with Crippen LogP contribution in [0.25, 0.3) is 27.7 Å². The molecule has 0 bridgehead atoms. The quantitative estimate of drug-likeness (QED) is 0.511. The van der Waals surface area contributed by atoms with Crippen LogP contribution in [0.2, 0.25) is 0 Å². The van der Waals surface area contributed by atoms with Gasteiger partial charge in [0.15, 0.2) is 0 Å². The molecule has 0 fully saturated rings. The fourth-order valence-electron chi connectivity index (χ4n) is 3.37. The molecule has 8 nitrogen and oxygen atoms in total. The molecular weight excluding hydrogens is 384 g/mol. The summed E-state index contributed by atoms with van der Waals surface area (Å²) >= 11 is 0. The van der Waals surface area contributed by atoms with Crippen LogP contribution in [0.4, 0.5) is 21.0 Å².